The second-order valence-electron chi connectivity index (χ2n) is 6.42. The minimum absolute atomic E-state index is 0. The number of hydrogen-bond acceptors (Lipinski definition) is 4. The lowest BCUT2D eigenvalue weighted by molar-refractivity contribution is 0.195. The zero-order valence-electron chi connectivity index (χ0n) is 15.0. The van der Waals surface area contributed by atoms with Crippen molar-refractivity contribution in [2.24, 2.45) is 10.9 Å². The van der Waals surface area contributed by atoms with Gasteiger partial charge in [0.1, 0.15) is 0 Å². The highest BCUT2D eigenvalue weighted by Gasteiger charge is 2.15. The van der Waals surface area contributed by atoms with E-state index < -0.39 is 0 Å². The molecule has 0 saturated carbocycles. The third kappa shape index (κ3) is 5.53. The van der Waals surface area contributed by atoms with E-state index in [0.717, 1.165) is 36.4 Å². The number of halogens is 1. The number of fused-ring (bicyclic) bond motifs is 1. The van der Waals surface area contributed by atoms with Crippen LogP contribution in [0.25, 0.3) is 5.65 Å². The maximum Gasteiger partial charge on any atom is 0.191 e. The maximum atomic E-state index is 4.28. The third-order valence-corrected chi connectivity index (χ3v) is 4.62. The van der Waals surface area contributed by atoms with Crippen LogP contribution in [0.5, 0.6) is 0 Å². The molecule has 1 aliphatic heterocycles. The van der Waals surface area contributed by atoms with Gasteiger partial charge in [-0.05, 0) is 44.0 Å². The fourth-order valence-corrected chi connectivity index (χ4v) is 3.01. The number of nitrogens with one attached hydrogen (secondary N) is 2. The summed E-state index contributed by atoms with van der Waals surface area (Å²) in [5, 5.41) is 15.1. The Kier molecular flexibility index (Phi) is 7.89. The normalized spacial score (nSPS) is 16.6. The fourth-order valence-electron chi connectivity index (χ4n) is 3.01. The van der Waals surface area contributed by atoms with Crippen LogP contribution in [0.15, 0.2) is 29.4 Å². The van der Waals surface area contributed by atoms with Gasteiger partial charge in [-0.1, -0.05) is 13.0 Å². The third-order valence-electron chi connectivity index (χ3n) is 4.62. The van der Waals surface area contributed by atoms with Crippen LogP contribution < -0.4 is 10.6 Å². The standard InChI is InChI=1S/C17H27N7.HI/c1-14-6-10-23(11-7-14)12-8-19-17(18-2)20-13-16-22-21-15-5-3-4-9-24(15)16;/h3-5,9,14H,6-8,10-13H2,1-2H3,(H2,18,19,20);1H. The zero-order chi connectivity index (χ0) is 16.8. The average molecular weight is 457 g/mol. The molecule has 2 aromatic rings. The van der Waals surface area contributed by atoms with E-state index in [0.29, 0.717) is 6.54 Å². The molecule has 1 aliphatic rings. The lowest BCUT2D eigenvalue weighted by Gasteiger charge is -2.30. The summed E-state index contributed by atoms with van der Waals surface area (Å²) in [6, 6.07) is 5.89. The number of guanidine groups is 1. The van der Waals surface area contributed by atoms with Crippen molar-refractivity contribution >= 4 is 35.6 Å². The van der Waals surface area contributed by atoms with Crippen LogP contribution in [0.3, 0.4) is 0 Å². The van der Waals surface area contributed by atoms with Gasteiger partial charge in [-0.2, -0.15) is 0 Å². The second kappa shape index (κ2) is 9.91. The number of piperidine rings is 1. The Morgan fingerprint density at radius 1 is 1.24 bits per heavy atom. The molecule has 2 N–H and O–H groups in total. The summed E-state index contributed by atoms with van der Waals surface area (Å²) in [7, 11) is 1.79. The molecule has 138 valence electrons. The van der Waals surface area contributed by atoms with Crippen molar-refractivity contribution in [1.82, 2.24) is 30.1 Å². The van der Waals surface area contributed by atoms with E-state index in [9.17, 15) is 0 Å². The van der Waals surface area contributed by atoms with E-state index in [4.69, 9.17) is 0 Å². The van der Waals surface area contributed by atoms with Gasteiger partial charge in [-0.15, -0.1) is 34.2 Å². The summed E-state index contributed by atoms with van der Waals surface area (Å²) in [4.78, 5) is 6.80. The van der Waals surface area contributed by atoms with Crippen molar-refractivity contribution in [2.75, 3.05) is 33.2 Å². The quantitative estimate of drug-likeness (QED) is 0.407. The summed E-state index contributed by atoms with van der Waals surface area (Å²) < 4.78 is 1.98. The van der Waals surface area contributed by atoms with E-state index in [1.54, 1.807) is 7.05 Å². The van der Waals surface area contributed by atoms with E-state index in [1.165, 1.54) is 25.9 Å². The molecule has 7 nitrogen and oxygen atoms in total. The molecular formula is C17H28IN7. The van der Waals surface area contributed by atoms with Gasteiger partial charge in [0.25, 0.3) is 0 Å². The van der Waals surface area contributed by atoms with Crippen LogP contribution in [0, 0.1) is 5.92 Å². The molecule has 1 fully saturated rings. The average Bonchev–Trinajstić information content (AvgIpc) is 3.03. The maximum absolute atomic E-state index is 4.28. The Balaban J connectivity index is 0.00000225. The van der Waals surface area contributed by atoms with Gasteiger partial charge in [-0.3, -0.25) is 9.39 Å². The Morgan fingerprint density at radius 2 is 2.04 bits per heavy atom. The predicted molar refractivity (Wildman–Crippen MR) is 111 cm³/mol. The summed E-state index contributed by atoms with van der Waals surface area (Å²) in [6.45, 7) is 7.30. The molecule has 0 spiro atoms. The highest BCUT2D eigenvalue weighted by molar-refractivity contribution is 14.0. The first-order chi connectivity index (χ1) is 11.8. The van der Waals surface area contributed by atoms with Crippen LogP contribution in [0.4, 0.5) is 0 Å². The highest BCUT2D eigenvalue weighted by Crippen LogP contribution is 2.15. The first-order valence-corrected chi connectivity index (χ1v) is 8.72. The monoisotopic (exact) mass is 457 g/mol. The lowest BCUT2D eigenvalue weighted by atomic mass is 9.99. The number of aromatic nitrogens is 3. The van der Waals surface area contributed by atoms with Gasteiger partial charge in [-0.25, -0.2) is 0 Å². The second-order valence-corrected chi connectivity index (χ2v) is 6.42. The summed E-state index contributed by atoms with van der Waals surface area (Å²) in [5.41, 5.74) is 0.858. The molecule has 25 heavy (non-hydrogen) atoms. The van der Waals surface area contributed by atoms with Gasteiger partial charge < -0.3 is 15.5 Å². The topological polar surface area (TPSA) is 69.8 Å². The van der Waals surface area contributed by atoms with Crippen molar-refractivity contribution in [2.45, 2.75) is 26.3 Å². The van der Waals surface area contributed by atoms with Crippen LogP contribution >= 0.6 is 24.0 Å². The van der Waals surface area contributed by atoms with Crippen LogP contribution in [0.2, 0.25) is 0 Å². The molecule has 3 heterocycles. The fraction of sp³-hybridized carbons (Fsp3) is 0.588. The van der Waals surface area contributed by atoms with Gasteiger partial charge in [0.05, 0.1) is 6.54 Å². The molecule has 0 bridgehead atoms. The number of pyridine rings is 1. The molecule has 0 amide bonds. The Labute approximate surface area is 166 Å². The molecule has 0 aromatic carbocycles. The molecule has 2 aromatic heterocycles. The molecule has 3 rings (SSSR count). The summed E-state index contributed by atoms with van der Waals surface area (Å²) in [5.74, 6) is 2.55. The number of nitrogens with zero attached hydrogens (tertiary/aromatic N) is 5. The molecule has 0 aliphatic carbocycles. The molecular weight excluding hydrogens is 429 g/mol. The van der Waals surface area contributed by atoms with E-state index >= 15 is 0 Å². The minimum Gasteiger partial charge on any atom is -0.355 e. The SMILES string of the molecule is CN=C(NCCN1CCC(C)CC1)NCc1nnc2ccccn12.I. The van der Waals surface area contributed by atoms with E-state index in [-0.39, 0.29) is 24.0 Å². The smallest absolute Gasteiger partial charge is 0.191 e. The number of likely N-dealkylation sites (tertiary alicyclic amines) is 1. The van der Waals surface area contributed by atoms with E-state index in [2.05, 4.69) is 37.6 Å². The lowest BCUT2D eigenvalue weighted by Crippen LogP contribution is -2.43. The number of aliphatic imine (C=N–C) groups is 1. The van der Waals surface area contributed by atoms with Gasteiger partial charge in [0.2, 0.25) is 0 Å². The van der Waals surface area contributed by atoms with Crippen LogP contribution in [-0.2, 0) is 6.54 Å². The number of hydrogen-bond donors (Lipinski definition) is 2. The van der Waals surface area contributed by atoms with Crippen molar-refractivity contribution in [3.8, 4) is 0 Å². The van der Waals surface area contributed by atoms with Crippen LogP contribution in [-0.4, -0.2) is 58.7 Å². The van der Waals surface area contributed by atoms with Gasteiger partial charge in [0.15, 0.2) is 17.4 Å². The largest absolute Gasteiger partial charge is 0.355 e. The van der Waals surface area contributed by atoms with Gasteiger partial charge >= 0.3 is 0 Å². The van der Waals surface area contributed by atoms with Crippen molar-refractivity contribution in [1.29, 1.82) is 0 Å². The minimum atomic E-state index is 0. The molecule has 8 heteroatoms. The van der Waals surface area contributed by atoms with Crippen molar-refractivity contribution < 1.29 is 0 Å². The first kappa shape index (κ1) is 19.9. The summed E-state index contributed by atoms with van der Waals surface area (Å²) >= 11 is 0. The number of rotatable bonds is 5. The first-order valence-electron chi connectivity index (χ1n) is 8.72. The van der Waals surface area contributed by atoms with Crippen LogP contribution in [0.1, 0.15) is 25.6 Å². The summed E-state index contributed by atoms with van der Waals surface area (Å²) in [6.07, 6.45) is 4.60. The molecule has 0 radical (unpaired) electrons. The predicted octanol–water partition coefficient (Wildman–Crippen LogP) is 1.74. The van der Waals surface area contributed by atoms with Gasteiger partial charge in [0, 0.05) is 26.3 Å². The molecule has 0 atom stereocenters. The molecule has 1 saturated heterocycles. The highest BCUT2D eigenvalue weighted by atomic mass is 127. The zero-order valence-corrected chi connectivity index (χ0v) is 17.3. The van der Waals surface area contributed by atoms with Crippen molar-refractivity contribution in [3.63, 3.8) is 0 Å². The Morgan fingerprint density at radius 3 is 2.80 bits per heavy atom. The Bertz CT molecular complexity index is 676. The Hall–Kier alpha value is -1.42. The van der Waals surface area contributed by atoms with E-state index in [1.807, 2.05) is 28.8 Å². The van der Waals surface area contributed by atoms with Crippen molar-refractivity contribution in [3.05, 3.63) is 30.2 Å². The molecule has 0 unspecified atom stereocenters.